The zero-order valence-electron chi connectivity index (χ0n) is 10.1. The monoisotopic (exact) mass is 285 g/mol. The Morgan fingerprint density at radius 3 is 2.89 bits per heavy atom. The number of carbonyl (C=O) groups excluding carboxylic acids is 1. The third kappa shape index (κ3) is 2.42. The molecule has 1 aliphatic heterocycles. The molecule has 0 unspecified atom stereocenters. The molecule has 1 saturated carbocycles. The highest BCUT2D eigenvalue weighted by molar-refractivity contribution is 7.17. The average Bonchev–Trinajstić information content (AvgIpc) is 3.03. The maximum atomic E-state index is 12.0. The van der Waals surface area contributed by atoms with Crippen LogP contribution in [0.15, 0.2) is 12.1 Å². The summed E-state index contributed by atoms with van der Waals surface area (Å²) in [6.45, 7) is 0.644. The summed E-state index contributed by atoms with van der Waals surface area (Å²) in [5.41, 5.74) is 0.0606. The molecule has 1 spiro atoms. The van der Waals surface area contributed by atoms with E-state index in [4.69, 9.17) is 16.3 Å². The van der Waals surface area contributed by atoms with E-state index < -0.39 is 0 Å². The second-order valence-corrected chi connectivity index (χ2v) is 6.89. The number of halogens is 1. The van der Waals surface area contributed by atoms with Gasteiger partial charge in [-0.05, 0) is 31.4 Å². The number of carbonyl (C=O) groups is 1. The van der Waals surface area contributed by atoms with Gasteiger partial charge in [0.25, 0.3) is 5.91 Å². The van der Waals surface area contributed by atoms with Crippen molar-refractivity contribution in [2.24, 2.45) is 0 Å². The Kier molecular flexibility index (Phi) is 3.34. The Bertz CT molecular complexity index is 454. The van der Waals surface area contributed by atoms with E-state index in [9.17, 15) is 4.79 Å². The fourth-order valence-corrected chi connectivity index (χ4v) is 3.94. The molecule has 1 atom stereocenters. The third-order valence-corrected chi connectivity index (χ3v) is 5.09. The number of hydrogen-bond donors (Lipinski definition) is 1. The van der Waals surface area contributed by atoms with E-state index in [1.54, 1.807) is 12.1 Å². The highest BCUT2D eigenvalue weighted by Gasteiger charge is 2.42. The van der Waals surface area contributed by atoms with Crippen LogP contribution in [-0.2, 0) is 4.74 Å². The van der Waals surface area contributed by atoms with Gasteiger partial charge < -0.3 is 10.1 Å². The topological polar surface area (TPSA) is 38.3 Å². The quantitative estimate of drug-likeness (QED) is 0.906. The molecule has 1 saturated heterocycles. The van der Waals surface area contributed by atoms with E-state index in [2.05, 4.69) is 5.32 Å². The van der Waals surface area contributed by atoms with Gasteiger partial charge in [0, 0.05) is 0 Å². The molecule has 1 amide bonds. The largest absolute Gasteiger partial charge is 0.373 e. The van der Waals surface area contributed by atoms with Crippen molar-refractivity contribution in [1.29, 1.82) is 0 Å². The molecule has 3 rings (SSSR count). The van der Waals surface area contributed by atoms with Crippen molar-refractivity contribution in [2.75, 3.05) is 6.61 Å². The fourth-order valence-electron chi connectivity index (χ4n) is 3.00. The minimum absolute atomic E-state index is 0.0319. The van der Waals surface area contributed by atoms with Gasteiger partial charge >= 0.3 is 0 Å². The van der Waals surface area contributed by atoms with Crippen LogP contribution in [0.4, 0.5) is 0 Å². The van der Waals surface area contributed by atoms with Gasteiger partial charge in [-0.1, -0.05) is 24.4 Å². The lowest BCUT2D eigenvalue weighted by atomic mass is 9.96. The number of hydrogen-bond acceptors (Lipinski definition) is 3. The summed E-state index contributed by atoms with van der Waals surface area (Å²) in [5, 5.41) is 3.05. The lowest BCUT2D eigenvalue weighted by Crippen LogP contribution is -2.35. The highest BCUT2D eigenvalue weighted by Crippen LogP contribution is 2.40. The molecule has 3 nitrogen and oxygen atoms in total. The molecule has 2 aliphatic rings. The Morgan fingerprint density at radius 2 is 2.22 bits per heavy atom. The Morgan fingerprint density at radius 1 is 1.44 bits per heavy atom. The molecule has 0 aromatic carbocycles. The molecule has 0 radical (unpaired) electrons. The van der Waals surface area contributed by atoms with Crippen LogP contribution in [0.25, 0.3) is 0 Å². The number of nitrogens with one attached hydrogen (secondary N) is 1. The summed E-state index contributed by atoms with van der Waals surface area (Å²) in [5.74, 6) is -0.0319. The Hall–Kier alpha value is -0.580. The van der Waals surface area contributed by atoms with Crippen LogP contribution in [0.2, 0.25) is 4.34 Å². The van der Waals surface area contributed by atoms with E-state index in [-0.39, 0.29) is 17.6 Å². The van der Waals surface area contributed by atoms with Gasteiger partial charge in [0.1, 0.15) is 0 Å². The highest BCUT2D eigenvalue weighted by atomic mass is 35.5. The number of thiophene rings is 1. The van der Waals surface area contributed by atoms with E-state index in [0.29, 0.717) is 15.8 Å². The smallest absolute Gasteiger partial charge is 0.261 e. The summed E-state index contributed by atoms with van der Waals surface area (Å²) in [6.07, 6.45) is 5.74. The maximum absolute atomic E-state index is 12.0. The molecule has 2 heterocycles. The predicted molar refractivity (Wildman–Crippen MR) is 72.4 cm³/mol. The SMILES string of the molecule is O=C(N[C@H]1COC2(CCCC2)C1)c1ccc(Cl)s1. The van der Waals surface area contributed by atoms with Gasteiger partial charge in [-0.2, -0.15) is 0 Å². The second kappa shape index (κ2) is 4.83. The van der Waals surface area contributed by atoms with Gasteiger partial charge in [-0.15, -0.1) is 11.3 Å². The van der Waals surface area contributed by atoms with Crippen molar-refractivity contribution >= 4 is 28.8 Å². The van der Waals surface area contributed by atoms with Crippen LogP contribution in [0, 0.1) is 0 Å². The van der Waals surface area contributed by atoms with E-state index in [1.165, 1.54) is 24.2 Å². The summed E-state index contributed by atoms with van der Waals surface area (Å²) in [7, 11) is 0. The molecule has 0 bridgehead atoms. The first-order valence-corrected chi connectivity index (χ1v) is 7.57. The van der Waals surface area contributed by atoms with E-state index >= 15 is 0 Å². The second-order valence-electron chi connectivity index (χ2n) is 5.18. The summed E-state index contributed by atoms with van der Waals surface area (Å²) >= 11 is 7.15. The zero-order valence-corrected chi connectivity index (χ0v) is 11.6. The van der Waals surface area contributed by atoms with E-state index in [0.717, 1.165) is 19.3 Å². The molecule has 1 N–H and O–H groups in total. The molecule has 1 aromatic heterocycles. The number of amides is 1. The third-order valence-electron chi connectivity index (χ3n) is 3.86. The van der Waals surface area contributed by atoms with Crippen LogP contribution in [0.3, 0.4) is 0 Å². The molecule has 1 aliphatic carbocycles. The van der Waals surface area contributed by atoms with Crippen molar-refractivity contribution in [1.82, 2.24) is 5.32 Å². The van der Waals surface area contributed by atoms with Crippen LogP contribution >= 0.6 is 22.9 Å². The number of ether oxygens (including phenoxy) is 1. The van der Waals surface area contributed by atoms with Crippen molar-refractivity contribution in [2.45, 2.75) is 43.7 Å². The van der Waals surface area contributed by atoms with Gasteiger partial charge in [0.2, 0.25) is 0 Å². The van der Waals surface area contributed by atoms with Gasteiger partial charge in [0.05, 0.1) is 27.5 Å². The van der Waals surface area contributed by atoms with Crippen LogP contribution in [0.1, 0.15) is 41.8 Å². The van der Waals surface area contributed by atoms with Crippen molar-refractivity contribution in [3.05, 3.63) is 21.3 Å². The van der Waals surface area contributed by atoms with E-state index in [1.807, 2.05) is 0 Å². The number of rotatable bonds is 2. The van der Waals surface area contributed by atoms with Gasteiger partial charge in [-0.25, -0.2) is 0 Å². The molecular formula is C13H16ClNO2S. The molecule has 18 heavy (non-hydrogen) atoms. The van der Waals surface area contributed by atoms with Crippen LogP contribution in [0.5, 0.6) is 0 Å². The molecule has 1 aromatic rings. The first-order chi connectivity index (χ1) is 8.67. The van der Waals surface area contributed by atoms with Crippen molar-refractivity contribution in [3.63, 3.8) is 0 Å². The summed E-state index contributed by atoms with van der Waals surface area (Å²) in [6, 6.07) is 3.67. The average molecular weight is 286 g/mol. The maximum Gasteiger partial charge on any atom is 0.261 e. The Labute approximate surface area is 115 Å². The van der Waals surface area contributed by atoms with Gasteiger partial charge in [0.15, 0.2) is 0 Å². The lowest BCUT2D eigenvalue weighted by molar-refractivity contribution is 0.00988. The normalized spacial score (nSPS) is 25.7. The predicted octanol–water partition coefficient (Wildman–Crippen LogP) is 3.23. The standard InChI is InChI=1S/C13H16ClNO2S/c14-11-4-3-10(18-11)12(16)15-9-7-13(17-8-9)5-1-2-6-13/h3-4,9H,1-2,5-8H2,(H,15,16)/t9-/m1/s1. The van der Waals surface area contributed by atoms with Crippen molar-refractivity contribution in [3.8, 4) is 0 Å². The molecule has 98 valence electrons. The molecule has 5 heteroatoms. The zero-order chi connectivity index (χ0) is 12.6. The molecular weight excluding hydrogens is 270 g/mol. The fraction of sp³-hybridized carbons (Fsp3) is 0.615. The lowest BCUT2D eigenvalue weighted by Gasteiger charge is -2.21. The first-order valence-electron chi connectivity index (χ1n) is 6.37. The summed E-state index contributed by atoms with van der Waals surface area (Å²) in [4.78, 5) is 12.7. The summed E-state index contributed by atoms with van der Waals surface area (Å²) < 4.78 is 6.57. The first kappa shape index (κ1) is 12.5. The minimum atomic E-state index is -0.0319. The minimum Gasteiger partial charge on any atom is -0.373 e. The van der Waals surface area contributed by atoms with Crippen LogP contribution < -0.4 is 5.32 Å². The molecule has 2 fully saturated rings. The van der Waals surface area contributed by atoms with Gasteiger partial charge in [-0.3, -0.25) is 4.79 Å². The van der Waals surface area contributed by atoms with Crippen molar-refractivity contribution < 1.29 is 9.53 Å². The Balaban J connectivity index is 1.59. The van der Waals surface area contributed by atoms with Crippen LogP contribution in [-0.4, -0.2) is 24.2 Å².